The molecule has 4 nitrogen and oxygen atoms in total. The second-order valence-electron chi connectivity index (χ2n) is 13.9. The van der Waals surface area contributed by atoms with Crippen LogP contribution in [0.3, 0.4) is 0 Å². The number of carbonyl (C=O) groups excluding carboxylic acids is 2. The van der Waals surface area contributed by atoms with E-state index in [9.17, 15) is 27.2 Å². The third kappa shape index (κ3) is 18.1. The number of allylic oxidation sites excluding steroid dienone is 8. The molecule has 2 amide bonds. The van der Waals surface area contributed by atoms with Gasteiger partial charge in [0, 0.05) is 47.2 Å². The number of carbonyl (C=O) groups is 2. The Morgan fingerprint density at radius 1 is 0.623 bits per heavy atom. The van der Waals surface area contributed by atoms with E-state index in [-0.39, 0.29) is 44.9 Å². The van der Waals surface area contributed by atoms with Crippen LogP contribution in [0.1, 0.15) is 120 Å². The Hall–Kier alpha value is -3.23. The van der Waals surface area contributed by atoms with Crippen LogP contribution >= 0.6 is 0 Å². The van der Waals surface area contributed by atoms with Crippen molar-refractivity contribution in [1.29, 1.82) is 0 Å². The maximum Gasteiger partial charge on any atom is 4.00 e. The summed E-state index contributed by atoms with van der Waals surface area (Å²) in [6.45, 7) is 16.4. The molecule has 0 fully saturated rings. The van der Waals surface area contributed by atoms with E-state index < -0.39 is 34.1 Å². The second-order valence-corrected chi connectivity index (χ2v) is 13.9. The first-order valence-corrected chi connectivity index (χ1v) is 18.5. The van der Waals surface area contributed by atoms with Gasteiger partial charge in [0.25, 0.3) is 0 Å². The van der Waals surface area contributed by atoms with Crippen molar-refractivity contribution in [1.82, 2.24) is 0 Å². The average Bonchev–Trinajstić information content (AvgIpc) is 3.87. The SMILES string of the molecule is CCCCN(C(=O)C(C)(C)CCC)c1ccc(F)[c-]c1F.CCCCN(C(=O)C(C)(C)CCC)c1ccc(F)[c-]c1F.[C-]1=CC=CC1.[C-]1=CC=CC1.[Ti+4]. The molecule has 2 aliphatic carbocycles. The van der Waals surface area contributed by atoms with Gasteiger partial charge in [-0.15, -0.1) is 49.2 Å². The van der Waals surface area contributed by atoms with Crippen LogP contribution in [0.2, 0.25) is 0 Å². The van der Waals surface area contributed by atoms with Crippen molar-refractivity contribution >= 4 is 23.2 Å². The van der Waals surface area contributed by atoms with Crippen LogP contribution in [0.4, 0.5) is 28.9 Å². The summed E-state index contributed by atoms with van der Waals surface area (Å²) in [6.07, 6.45) is 26.5. The van der Waals surface area contributed by atoms with Gasteiger partial charge >= 0.3 is 21.7 Å². The summed E-state index contributed by atoms with van der Waals surface area (Å²) in [7, 11) is 0. The molecule has 4 rings (SSSR count). The van der Waals surface area contributed by atoms with Gasteiger partial charge in [0.15, 0.2) is 0 Å². The first-order chi connectivity index (χ1) is 24.7. The standard InChI is InChI=1S/2C17H24F2NO.2C5H5.Ti/c2*1-5-7-11-20(16(21)17(3,4)10-6-2)15-9-8-13(18)12-14(15)19;2*1-2-4-5-3-1;/h2*8-9H,5-7,10-11H2,1-4H3;2*1-3H,4H2;/q4*-1;+4. The van der Waals surface area contributed by atoms with Crippen LogP contribution in [0, 0.1) is 58.4 Å². The zero-order valence-corrected chi connectivity index (χ0v) is 34.5. The molecule has 0 saturated heterocycles. The summed E-state index contributed by atoms with van der Waals surface area (Å²) in [5.41, 5.74) is -0.912. The second kappa shape index (κ2) is 26.5. The first kappa shape index (κ1) is 49.8. The summed E-state index contributed by atoms with van der Waals surface area (Å²) in [5.74, 6) is -3.40. The molecule has 0 bridgehead atoms. The first-order valence-electron chi connectivity index (χ1n) is 18.5. The van der Waals surface area contributed by atoms with E-state index in [4.69, 9.17) is 0 Å². The van der Waals surface area contributed by atoms with Gasteiger partial charge in [0.05, 0.1) is 0 Å². The smallest absolute Gasteiger partial charge is 0.363 e. The van der Waals surface area contributed by atoms with Crippen LogP contribution in [-0.4, -0.2) is 24.9 Å². The molecule has 288 valence electrons. The molecule has 0 N–H and O–H groups in total. The summed E-state index contributed by atoms with van der Waals surface area (Å²) >= 11 is 0. The number of amides is 2. The van der Waals surface area contributed by atoms with E-state index in [1.165, 1.54) is 21.9 Å². The molecule has 0 aliphatic heterocycles. The van der Waals surface area contributed by atoms with Crippen molar-refractivity contribution in [3.8, 4) is 0 Å². The van der Waals surface area contributed by atoms with E-state index in [0.29, 0.717) is 13.1 Å². The summed E-state index contributed by atoms with van der Waals surface area (Å²) in [6, 6.07) is 8.92. The van der Waals surface area contributed by atoms with Gasteiger partial charge in [-0.05, 0) is 37.1 Å². The van der Waals surface area contributed by atoms with Gasteiger partial charge in [0.1, 0.15) is 0 Å². The quantitative estimate of drug-likeness (QED) is 0.109. The minimum Gasteiger partial charge on any atom is -0.363 e. The number of rotatable bonds is 14. The van der Waals surface area contributed by atoms with Crippen LogP contribution < -0.4 is 9.80 Å². The third-order valence-corrected chi connectivity index (χ3v) is 8.31. The predicted octanol–water partition coefficient (Wildman–Crippen LogP) is 12.1. The number of unbranched alkanes of at least 4 members (excludes halogenated alkanes) is 2. The van der Waals surface area contributed by atoms with Crippen molar-refractivity contribution in [2.24, 2.45) is 10.8 Å². The Balaban J connectivity index is 0.000000791. The molecular formula is C44H58F4N2O2Ti. The van der Waals surface area contributed by atoms with E-state index in [0.717, 1.165) is 76.3 Å². The van der Waals surface area contributed by atoms with Crippen molar-refractivity contribution < 1.29 is 48.9 Å². The normalized spacial score (nSPS) is 12.5. The van der Waals surface area contributed by atoms with Crippen molar-refractivity contribution in [3.63, 3.8) is 0 Å². The maximum atomic E-state index is 14.0. The predicted molar refractivity (Wildman–Crippen MR) is 205 cm³/mol. The monoisotopic (exact) mass is 770 g/mol. The van der Waals surface area contributed by atoms with Crippen LogP contribution in [0.5, 0.6) is 0 Å². The van der Waals surface area contributed by atoms with Crippen molar-refractivity contribution in [2.75, 3.05) is 22.9 Å². The zero-order chi connectivity index (χ0) is 39.2. The molecule has 0 saturated carbocycles. The Morgan fingerprint density at radius 3 is 1.21 bits per heavy atom. The summed E-state index contributed by atoms with van der Waals surface area (Å²) < 4.78 is 54.0. The molecule has 53 heavy (non-hydrogen) atoms. The molecule has 0 spiro atoms. The van der Waals surface area contributed by atoms with Crippen molar-refractivity contribution in [2.45, 2.75) is 120 Å². The summed E-state index contributed by atoms with van der Waals surface area (Å²) in [5, 5.41) is 0. The number of anilines is 2. The number of hydrogen-bond donors (Lipinski definition) is 0. The Kier molecular flexibility index (Phi) is 24.9. The molecule has 0 radical (unpaired) electrons. The van der Waals surface area contributed by atoms with E-state index in [1.54, 1.807) is 0 Å². The number of nitrogens with zero attached hydrogens (tertiary/aromatic N) is 2. The Bertz CT molecular complexity index is 1370. The third-order valence-electron chi connectivity index (χ3n) is 8.31. The van der Waals surface area contributed by atoms with Gasteiger partial charge in [-0.1, -0.05) is 81.1 Å². The number of halogens is 4. The Morgan fingerprint density at radius 2 is 0.981 bits per heavy atom. The minimum absolute atomic E-state index is 0. The van der Waals surface area contributed by atoms with Crippen LogP contribution in [0.15, 0.2) is 60.7 Å². The van der Waals surface area contributed by atoms with Gasteiger partial charge in [-0.3, -0.25) is 21.7 Å². The van der Waals surface area contributed by atoms with Gasteiger partial charge < -0.3 is 9.80 Å². The molecule has 2 aromatic carbocycles. The van der Waals surface area contributed by atoms with Crippen LogP contribution in [0.25, 0.3) is 0 Å². The minimum atomic E-state index is -0.813. The van der Waals surface area contributed by atoms with Gasteiger partial charge in [-0.25, -0.2) is 41.9 Å². The van der Waals surface area contributed by atoms with Crippen LogP contribution in [-0.2, 0) is 31.3 Å². The fraction of sp³-hybridized carbons (Fsp3) is 0.500. The number of benzene rings is 2. The summed E-state index contributed by atoms with van der Waals surface area (Å²) in [4.78, 5) is 28.4. The largest absolute Gasteiger partial charge is 4.00 e. The fourth-order valence-corrected chi connectivity index (χ4v) is 5.46. The zero-order valence-electron chi connectivity index (χ0n) is 33.0. The number of hydrogen-bond acceptors (Lipinski definition) is 2. The van der Waals surface area contributed by atoms with E-state index in [1.807, 2.05) is 91.8 Å². The fourth-order valence-electron chi connectivity index (χ4n) is 5.46. The van der Waals surface area contributed by atoms with E-state index >= 15 is 0 Å². The molecule has 0 unspecified atom stereocenters. The average molecular weight is 771 g/mol. The molecule has 9 heteroatoms. The maximum absolute atomic E-state index is 14.0. The molecule has 2 aliphatic rings. The van der Waals surface area contributed by atoms with Crippen molar-refractivity contribution in [3.05, 3.63) is 108 Å². The molecular weight excluding hydrogens is 712 g/mol. The molecule has 0 heterocycles. The van der Waals surface area contributed by atoms with Gasteiger partial charge in [-0.2, -0.15) is 12.2 Å². The topological polar surface area (TPSA) is 40.6 Å². The molecule has 0 aromatic heterocycles. The Labute approximate surface area is 332 Å². The molecule has 0 atom stereocenters. The van der Waals surface area contributed by atoms with Gasteiger partial charge in [0.2, 0.25) is 11.8 Å². The molecule has 2 aromatic rings. The van der Waals surface area contributed by atoms with E-state index in [2.05, 4.69) is 24.3 Å².